The summed E-state index contributed by atoms with van der Waals surface area (Å²) in [6.07, 6.45) is -0.286. The van der Waals surface area contributed by atoms with Crippen molar-refractivity contribution in [3.8, 4) is 5.75 Å². The van der Waals surface area contributed by atoms with Crippen LogP contribution in [0.2, 0.25) is 0 Å². The zero-order valence-electron chi connectivity index (χ0n) is 9.93. The third kappa shape index (κ3) is 3.93. The second-order valence-electron chi connectivity index (χ2n) is 4.25. The number of aliphatic carboxylic acids is 1. The minimum atomic E-state index is -0.840. The van der Waals surface area contributed by atoms with Crippen LogP contribution in [0.25, 0.3) is 0 Å². The first-order valence-electron chi connectivity index (χ1n) is 5.47. The summed E-state index contributed by atoms with van der Waals surface area (Å²) >= 11 is 0. The number of carboxylic acid groups (broad SMARTS) is 1. The van der Waals surface area contributed by atoms with Crippen molar-refractivity contribution in [1.82, 2.24) is 0 Å². The molecular formula is C13H18O3. The van der Waals surface area contributed by atoms with E-state index in [1.807, 2.05) is 24.3 Å². The van der Waals surface area contributed by atoms with Crippen molar-refractivity contribution in [2.45, 2.75) is 39.2 Å². The summed E-state index contributed by atoms with van der Waals surface area (Å²) in [7, 11) is 0. The van der Waals surface area contributed by atoms with Gasteiger partial charge >= 0.3 is 5.97 Å². The molecule has 1 atom stereocenters. The van der Waals surface area contributed by atoms with Crippen LogP contribution in [0.4, 0.5) is 0 Å². The largest absolute Gasteiger partial charge is 0.490 e. The van der Waals surface area contributed by atoms with E-state index in [-0.39, 0.29) is 12.5 Å². The molecule has 1 rings (SSSR count). The lowest BCUT2D eigenvalue weighted by molar-refractivity contribution is -0.138. The molecule has 0 aliphatic heterocycles. The van der Waals surface area contributed by atoms with Crippen molar-refractivity contribution < 1.29 is 14.6 Å². The molecule has 0 aromatic heterocycles. The Morgan fingerprint density at radius 2 is 2.06 bits per heavy atom. The van der Waals surface area contributed by atoms with E-state index in [0.29, 0.717) is 5.92 Å². The molecule has 0 aliphatic rings. The van der Waals surface area contributed by atoms with Crippen LogP contribution in [-0.4, -0.2) is 17.2 Å². The average molecular weight is 222 g/mol. The first kappa shape index (κ1) is 12.6. The van der Waals surface area contributed by atoms with Crippen molar-refractivity contribution in [3.63, 3.8) is 0 Å². The lowest BCUT2D eigenvalue weighted by atomic mass is 10.0. The Labute approximate surface area is 96.1 Å². The molecule has 1 aromatic rings. The van der Waals surface area contributed by atoms with Crippen LogP contribution in [0.1, 0.15) is 38.7 Å². The van der Waals surface area contributed by atoms with Gasteiger partial charge in [-0.2, -0.15) is 0 Å². The lowest BCUT2D eigenvalue weighted by Crippen LogP contribution is -2.16. The number of rotatable bonds is 5. The summed E-state index contributed by atoms with van der Waals surface area (Å²) in [5, 5.41) is 8.62. The summed E-state index contributed by atoms with van der Waals surface area (Å²) in [6, 6.07) is 7.78. The van der Waals surface area contributed by atoms with Gasteiger partial charge in [-0.15, -0.1) is 0 Å². The van der Waals surface area contributed by atoms with Crippen LogP contribution in [-0.2, 0) is 4.79 Å². The monoisotopic (exact) mass is 222 g/mol. The SMILES string of the molecule is CC(C)c1cccc(O[C@H](C)CC(=O)O)c1. The number of hydrogen-bond donors (Lipinski definition) is 1. The summed E-state index contributed by atoms with van der Waals surface area (Å²) in [5.41, 5.74) is 1.19. The molecule has 0 fully saturated rings. The highest BCUT2D eigenvalue weighted by atomic mass is 16.5. The highest BCUT2D eigenvalue weighted by Crippen LogP contribution is 2.21. The molecule has 3 nitrogen and oxygen atoms in total. The maximum atomic E-state index is 10.5. The maximum absolute atomic E-state index is 10.5. The summed E-state index contributed by atoms with van der Waals surface area (Å²) < 4.78 is 5.54. The Balaban J connectivity index is 2.66. The van der Waals surface area contributed by atoms with E-state index in [1.54, 1.807) is 6.92 Å². The van der Waals surface area contributed by atoms with Crippen LogP contribution >= 0.6 is 0 Å². The normalized spacial score (nSPS) is 12.5. The summed E-state index contributed by atoms with van der Waals surface area (Å²) in [5.74, 6) is 0.339. The van der Waals surface area contributed by atoms with Gasteiger partial charge in [0.15, 0.2) is 0 Å². The number of hydrogen-bond acceptors (Lipinski definition) is 2. The Morgan fingerprint density at radius 3 is 2.62 bits per heavy atom. The van der Waals surface area contributed by atoms with Crippen molar-refractivity contribution in [2.24, 2.45) is 0 Å². The quantitative estimate of drug-likeness (QED) is 0.832. The molecule has 0 spiro atoms. The molecule has 0 bridgehead atoms. The Kier molecular flexibility index (Phi) is 4.35. The van der Waals surface area contributed by atoms with Gasteiger partial charge in [0, 0.05) is 0 Å². The van der Waals surface area contributed by atoms with Gasteiger partial charge in [-0.1, -0.05) is 26.0 Å². The third-order valence-corrected chi connectivity index (χ3v) is 2.32. The smallest absolute Gasteiger partial charge is 0.307 e. The maximum Gasteiger partial charge on any atom is 0.307 e. The molecule has 1 aromatic carbocycles. The van der Waals surface area contributed by atoms with Gasteiger partial charge < -0.3 is 9.84 Å². The second kappa shape index (κ2) is 5.54. The van der Waals surface area contributed by atoms with Gasteiger partial charge in [0.2, 0.25) is 0 Å². The van der Waals surface area contributed by atoms with E-state index < -0.39 is 5.97 Å². The zero-order chi connectivity index (χ0) is 12.1. The molecule has 0 amide bonds. The van der Waals surface area contributed by atoms with Crippen molar-refractivity contribution >= 4 is 5.97 Å². The summed E-state index contributed by atoms with van der Waals surface area (Å²) in [4.78, 5) is 10.5. The van der Waals surface area contributed by atoms with Gasteiger partial charge in [0.05, 0.1) is 6.42 Å². The van der Waals surface area contributed by atoms with Gasteiger partial charge in [0.25, 0.3) is 0 Å². The molecule has 16 heavy (non-hydrogen) atoms. The Bertz CT molecular complexity index is 358. The highest BCUT2D eigenvalue weighted by molar-refractivity contribution is 5.67. The van der Waals surface area contributed by atoms with E-state index in [4.69, 9.17) is 9.84 Å². The minimum absolute atomic E-state index is 0.0197. The fourth-order valence-electron chi connectivity index (χ4n) is 1.47. The Morgan fingerprint density at radius 1 is 1.38 bits per heavy atom. The number of benzene rings is 1. The molecule has 88 valence electrons. The molecule has 0 heterocycles. The van der Waals surface area contributed by atoms with Crippen LogP contribution in [0.5, 0.6) is 5.75 Å². The van der Waals surface area contributed by atoms with Gasteiger partial charge in [-0.25, -0.2) is 0 Å². The number of ether oxygens (including phenoxy) is 1. The van der Waals surface area contributed by atoms with Crippen LogP contribution < -0.4 is 4.74 Å². The van der Waals surface area contributed by atoms with E-state index >= 15 is 0 Å². The Hall–Kier alpha value is -1.51. The number of carboxylic acids is 1. The predicted molar refractivity (Wildman–Crippen MR) is 62.9 cm³/mol. The third-order valence-electron chi connectivity index (χ3n) is 2.32. The van der Waals surface area contributed by atoms with Crippen molar-refractivity contribution in [1.29, 1.82) is 0 Å². The first-order chi connectivity index (χ1) is 7.49. The van der Waals surface area contributed by atoms with Gasteiger partial charge in [0.1, 0.15) is 11.9 Å². The van der Waals surface area contributed by atoms with Crippen LogP contribution in [0, 0.1) is 0 Å². The topological polar surface area (TPSA) is 46.5 Å². The van der Waals surface area contributed by atoms with Crippen LogP contribution in [0.15, 0.2) is 24.3 Å². The highest BCUT2D eigenvalue weighted by Gasteiger charge is 2.09. The standard InChI is InChI=1S/C13H18O3/c1-9(2)11-5-4-6-12(8-11)16-10(3)7-13(14)15/h4-6,8-10H,7H2,1-3H3,(H,14,15)/t10-/m1/s1. The van der Waals surface area contributed by atoms with E-state index in [9.17, 15) is 4.79 Å². The molecule has 3 heteroatoms. The molecule has 0 radical (unpaired) electrons. The molecule has 0 saturated carbocycles. The molecule has 0 saturated heterocycles. The first-order valence-corrected chi connectivity index (χ1v) is 5.47. The average Bonchev–Trinajstić information content (AvgIpc) is 2.16. The minimum Gasteiger partial charge on any atom is -0.490 e. The van der Waals surface area contributed by atoms with E-state index in [0.717, 1.165) is 5.75 Å². The molecular weight excluding hydrogens is 204 g/mol. The fourth-order valence-corrected chi connectivity index (χ4v) is 1.47. The van der Waals surface area contributed by atoms with E-state index in [1.165, 1.54) is 5.56 Å². The van der Waals surface area contributed by atoms with Gasteiger partial charge in [-0.3, -0.25) is 4.79 Å². The lowest BCUT2D eigenvalue weighted by Gasteiger charge is -2.14. The van der Waals surface area contributed by atoms with E-state index in [2.05, 4.69) is 13.8 Å². The van der Waals surface area contributed by atoms with Crippen molar-refractivity contribution in [3.05, 3.63) is 29.8 Å². The predicted octanol–water partition coefficient (Wildman–Crippen LogP) is 3.05. The van der Waals surface area contributed by atoms with Crippen molar-refractivity contribution in [2.75, 3.05) is 0 Å². The van der Waals surface area contributed by atoms with Crippen LogP contribution in [0.3, 0.4) is 0 Å². The second-order valence-corrected chi connectivity index (χ2v) is 4.25. The summed E-state index contributed by atoms with van der Waals surface area (Å²) in [6.45, 7) is 5.98. The number of carbonyl (C=O) groups is 1. The molecule has 0 unspecified atom stereocenters. The fraction of sp³-hybridized carbons (Fsp3) is 0.462. The molecule has 1 N–H and O–H groups in total. The van der Waals surface area contributed by atoms with Gasteiger partial charge in [-0.05, 0) is 30.5 Å². The zero-order valence-corrected chi connectivity index (χ0v) is 9.93. The molecule has 0 aliphatic carbocycles.